The molecule has 2 aliphatic rings. The Bertz CT molecular complexity index is 1230. The van der Waals surface area contributed by atoms with Crippen molar-refractivity contribution in [1.82, 2.24) is 20.2 Å². The van der Waals surface area contributed by atoms with Crippen LogP contribution in [0.1, 0.15) is 66.6 Å². The number of nitrogens with zero attached hydrogens (tertiary/aromatic N) is 3. The first-order valence-electron chi connectivity index (χ1n) is 12.3. The van der Waals surface area contributed by atoms with Crippen LogP contribution in [0.15, 0.2) is 42.5 Å². The number of aromatic nitrogens is 2. The molecule has 0 unspecified atom stereocenters. The summed E-state index contributed by atoms with van der Waals surface area (Å²) in [7, 11) is 0. The maximum absolute atomic E-state index is 13.3. The van der Waals surface area contributed by atoms with Gasteiger partial charge < -0.3 is 5.11 Å². The topological polar surface area (TPSA) is 70.4 Å². The van der Waals surface area contributed by atoms with Crippen LogP contribution in [0.2, 0.25) is 10.0 Å². The zero-order valence-electron chi connectivity index (χ0n) is 19.9. The summed E-state index contributed by atoms with van der Waals surface area (Å²) in [6.07, 6.45) is 6.96. The van der Waals surface area contributed by atoms with Gasteiger partial charge >= 0.3 is 0 Å². The van der Waals surface area contributed by atoms with Crippen molar-refractivity contribution in [2.45, 2.75) is 57.5 Å². The van der Waals surface area contributed by atoms with Gasteiger partial charge in [0.2, 0.25) is 0 Å². The molecule has 6 nitrogen and oxygen atoms in total. The highest BCUT2D eigenvalue weighted by Crippen LogP contribution is 2.40. The van der Waals surface area contributed by atoms with Gasteiger partial charge in [-0.1, -0.05) is 66.7 Å². The predicted octanol–water partition coefficient (Wildman–Crippen LogP) is 6.05. The average Bonchev–Trinajstić information content (AvgIpc) is 3.44. The molecule has 2 fully saturated rings. The molecule has 1 saturated carbocycles. The van der Waals surface area contributed by atoms with Gasteiger partial charge in [-0.25, -0.2) is 9.69 Å². The predicted molar refractivity (Wildman–Crippen MR) is 139 cm³/mol. The van der Waals surface area contributed by atoms with Gasteiger partial charge in [0.1, 0.15) is 0 Å². The minimum atomic E-state index is -0.757. The number of halogens is 2. The maximum atomic E-state index is 13.3. The summed E-state index contributed by atoms with van der Waals surface area (Å²) in [5, 5.41) is 18.7. The van der Waals surface area contributed by atoms with Crippen LogP contribution in [0.25, 0.3) is 16.9 Å². The molecule has 0 radical (unpaired) electrons. The van der Waals surface area contributed by atoms with E-state index in [1.807, 2.05) is 42.3 Å². The lowest BCUT2D eigenvalue weighted by Gasteiger charge is -2.26. The molecule has 0 spiro atoms. The van der Waals surface area contributed by atoms with Gasteiger partial charge in [-0.15, -0.1) is 0 Å². The Hall–Kier alpha value is -2.38. The van der Waals surface area contributed by atoms with E-state index in [2.05, 4.69) is 5.43 Å². The summed E-state index contributed by atoms with van der Waals surface area (Å²) in [4.78, 5) is 13.3. The molecule has 184 valence electrons. The fraction of sp³-hybridized carbons (Fsp3) is 0.407. The Kier molecular flexibility index (Phi) is 6.91. The third-order valence-electron chi connectivity index (χ3n) is 7.22. The molecule has 3 aromatic rings. The Balaban J connectivity index is 1.56. The van der Waals surface area contributed by atoms with E-state index in [0.717, 1.165) is 74.0 Å². The highest BCUT2D eigenvalue weighted by atomic mass is 35.5. The smallest absolute Gasteiger partial charge is 0.286 e. The van der Waals surface area contributed by atoms with Crippen molar-refractivity contribution < 1.29 is 9.90 Å². The number of carbonyl (C=O) groups excluding carboxylic acids is 1. The molecule has 2 aromatic carbocycles. The van der Waals surface area contributed by atoms with E-state index >= 15 is 0 Å². The Labute approximate surface area is 215 Å². The second-order valence-electron chi connectivity index (χ2n) is 9.63. The number of piperidine rings is 1. The summed E-state index contributed by atoms with van der Waals surface area (Å²) in [5.41, 5.74) is 6.63. The van der Waals surface area contributed by atoms with Crippen LogP contribution in [0, 0.1) is 6.92 Å². The van der Waals surface area contributed by atoms with Crippen LogP contribution in [-0.2, 0) is 5.60 Å². The zero-order chi connectivity index (χ0) is 24.6. The first kappa shape index (κ1) is 24.3. The third-order valence-corrected chi connectivity index (χ3v) is 7.76. The van der Waals surface area contributed by atoms with Crippen molar-refractivity contribution in [2.24, 2.45) is 0 Å². The van der Waals surface area contributed by atoms with Crippen LogP contribution in [0.5, 0.6) is 0 Å². The van der Waals surface area contributed by atoms with Crippen LogP contribution >= 0.6 is 23.2 Å². The Morgan fingerprint density at radius 3 is 2.34 bits per heavy atom. The zero-order valence-corrected chi connectivity index (χ0v) is 21.4. The number of rotatable bonds is 5. The number of amides is 1. The van der Waals surface area contributed by atoms with Gasteiger partial charge in [0.25, 0.3) is 5.91 Å². The molecule has 1 saturated heterocycles. The van der Waals surface area contributed by atoms with Gasteiger partial charge in [-0.2, -0.15) is 5.10 Å². The second-order valence-corrected chi connectivity index (χ2v) is 10.5. The van der Waals surface area contributed by atoms with E-state index in [1.165, 1.54) is 6.42 Å². The van der Waals surface area contributed by atoms with E-state index in [9.17, 15) is 9.90 Å². The summed E-state index contributed by atoms with van der Waals surface area (Å²) in [6.45, 7) is 3.59. The molecule has 35 heavy (non-hydrogen) atoms. The number of aliphatic hydroxyl groups is 1. The summed E-state index contributed by atoms with van der Waals surface area (Å²) in [6, 6.07) is 13.2. The fourth-order valence-electron chi connectivity index (χ4n) is 5.27. The molecular weight excluding hydrogens is 483 g/mol. The molecule has 8 heteroatoms. The van der Waals surface area contributed by atoms with Crippen LogP contribution in [-0.4, -0.2) is 38.9 Å². The van der Waals surface area contributed by atoms with E-state index in [-0.39, 0.29) is 5.91 Å². The van der Waals surface area contributed by atoms with Gasteiger partial charge in [-0.05, 0) is 56.4 Å². The summed E-state index contributed by atoms with van der Waals surface area (Å²) < 4.78 is 1.72. The number of carbonyl (C=O) groups is 1. The molecule has 1 amide bonds. The Morgan fingerprint density at radius 2 is 1.69 bits per heavy atom. The van der Waals surface area contributed by atoms with Crippen molar-refractivity contribution in [2.75, 3.05) is 13.1 Å². The van der Waals surface area contributed by atoms with Crippen molar-refractivity contribution in [3.05, 3.63) is 69.3 Å². The molecule has 5 rings (SSSR count). The van der Waals surface area contributed by atoms with E-state index in [1.54, 1.807) is 16.8 Å². The molecule has 2 heterocycles. The molecule has 1 aromatic heterocycles. The van der Waals surface area contributed by atoms with Crippen LogP contribution in [0.4, 0.5) is 0 Å². The van der Waals surface area contributed by atoms with Gasteiger partial charge in [-0.3, -0.25) is 10.2 Å². The summed E-state index contributed by atoms with van der Waals surface area (Å²) >= 11 is 12.7. The van der Waals surface area contributed by atoms with E-state index in [0.29, 0.717) is 21.4 Å². The molecular formula is C27H30Cl2N4O2. The number of hydrazine groups is 1. The minimum absolute atomic E-state index is 0.230. The second kappa shape index (κ2) is 9.94. The fourth-order valence-corrected chi connectivity index (χ4v) is 5.76. The van der Waals surface area contributed by atoms with Crippen LogP contribution in [0.3, 0.4) is 0 Å². The maximum Gasteiger partial charge on any atom is 0.286 e. The van der Waals surface area contributed by atoms with E-state index in [4.69, 9.17) is 28.3 Å². The van der Waals surface area contributed by atoms with Crippen molar-refractivity contribution in [1.29, 1.82) is 0 Å². The monoisotopic (exact) mass is 512 g/mol. The molecule has 1 aliphatic heterocycles. The molecule has 2 N–H and O–H groups in total. The van der Waals surface area contributed by atoms with Crippen molar-refractivity contribution in [3.63, 3.8) is 0 Å². The normalized spacial score (nSPS) is 18.1. The number of hydrogen-bond donors (Lipinski definition) is 2. The third kappa shape index (κ3) is 4.85. The first-order valence-corrected chi connectivity index (χ1v) is 13.1. The SMILES string of the molecule is Cc1c(C(=O)NN2CCCCC2)nn(-c2ccc(Cl)cc2Cl)c1-c1ccc(C2(O)CCCC2)cc1. The van der Waals surface area contributed by atoms with Crippen molar-refractivity contribution >= 4 is 29.1 Å². The standard InChI is InChI=1S/C27H30Cl2N4O2/c1-18-24(26(34)31-32-15-5-2-6-16-32)30-33(23-12-11-21(28)17-22(23)29)25(18)19-7-9-20(10-8-19)27(35)13-3-4-14-27/h7-12,17,35H,2-6,13-16H2,1H3,(H,31,34). The van der Waals surface area contributed by atoms with Gasteiger partial charge in [0, 0.05) is 29.2 Å². The number of nitrogens with one attached hydrogen (secondary N) is 1. The highest BCUT2D eigenvalue weighted by Gasteiger charge is 2.33. The van der Waals surface area contributed by atoms with Gasteiger partial charge in [0.15, 0.2) is 5.69 Å². The number of benzene rings is 2. The van der Waals surface area contributed by atoms with Crippen LogP contribution < -0.4 is 5.43 Å². The first-order chi connectivity index (χ1) is 16.9. The minimum Gasteiger partial charge on any atom is -0.385 e. The lowest BCUT2D eigenvalue weighted by molar-refractivity contribution is 0.0445. The Morgan fingerprint density at radius 1 is 1.00 bits per heavy atom. The van der Waals surface area contributed by atoms with Gasteiger partial charge in [0.05, 0.1) is 22.0 Å². The number of hydrogen-bond acceptors (Lipinski definition) is 4. The molecule has 1 aliphatic carbocycles. The summed E-state index contributed by atoms with van der Waals surface area (Å²) in [5.74, 6) is -0.230. The quantitative estimate of drug-likeness (QED) is 0.436. The average molecular weight is 513 g/mol. The largest absolute Gasteiger partial charge is 0.385 e. The lowest BCUT2D eigenvalue weighted by Crippen LogP contribution is -2.45. The highest BCUT2D eigenvalue weighted by molar-refractivity contribution is 6.35. The van der Waals surface area contributed by atoms with E-state index < -0.39 is 5.60 Å². The van der Waals surface area contributed by atoms with Crippen molar-refractivity contribution in [3.8, 4) is 16.9 Å². The molecule has 0 bridgehead atoms. The lowest BCUT2D eigenvalue weighted by atomic mass is 9.91. The molecule has 0 atom stereocenters.